The molecule has 2 aliphatic rings. The van der Waals surface area contributed by atoms with Crippen molar-refractivity contribution >= 4 is 34.0 Å². The van der Waals surface area contributed by atoms with E-state index < -0.39 is 29.2 Å². The summed E-state index contributed by atoms with van der Waals surface area (Å²) in [5.74, 6) is 0.132. The second-order valence-corrected chi connectivity index (χ2v) is 13.5. The van der Waals surface area contributed by atoms with Gasteiger partial charge in [-0.25, -0.2) is 14.8 Å². The fourth-order valence-electron chi connectivity index (χ4n) is 7.20. The average molecular weight is 737 g/mol. The number of anilines is 2. The first-order valence-corrected chi connectivity index (χ1v) is 17.1. The maximum absolute atomic E-state index is 14.0. The minimum absolute atomic E-state index is 0.0440. The topological polar surface area (TPSA) is 133 Å². The molecule has 0 bridgehead atoms. The zero-order chi connectivity index (χ0) is 37.1. The Morgan fingerprint density at radius 1 is 1.02 bits per heavy atom. The van der Waals surface area contributed by atoms with Gasteiger partial charge in [0.1, 0.15) is 16.9 Å². The summed E-state index contributed by atoms with van der Waals surface area (Å²) < 4.78 is 54.9. The zero-order valence-corrected chi connectivity index (χ0v) is 29.5. The Bertz CT molecular complexity index is 2340. The third kappa shape index (κ3) is 6.23. The third-order valence-electron chi connectivity index (χ3n) is 9.99. The summed E-state index contributed by atoms with van der Waals surface area (Å²) in [6.45, 7) is 2.65. The van der Waals surface area contributed by atoms with E-state index in [0.717, 1.165) is 33.1 Å². The van der Waals surface area contributed by atoms with E-state index in [0.29, 0.717) is 70.2 Å². The van der Waals surface area contributed by atoms with E-state index in [9.17, 15) is 27.9 Å². The molecular weight excluding hydrogens is 701 g/mol. The van der Waals surface area contributed by atoms with Gasteiger partial charge in [-0.3, -0.25) is 13.9 Å². The number of aryl methyl sites for hydroxylation is 2. The van der Waals surface area contributed by atoms with Crippen molar-refractivity contribution in [1.29, 1.82) is 0 Å². The summed E-state index contributed by atoms with van der Waals surface area (Å²) in [6, 6.07) is 13.3. The summed E-state index contributed by atoms with van der Waals surface area (Å²) >= 11 is 7.13. The predicted octanol–water partition coefficient (Wildman–Crippen LogP) is 5.82. The van der Waals surface area contributed by atoms with Crippen molar-refractivity contribution in [3.8, 4) is 28.3 Å². The molecule has 7 rings (SSSR count). The number of hydrogen-bond acceptors (Lipinski definition) is 9. The van der Waals surface area contributed by atoms with Gasteiger partial charge in [-0.1, -0.05) is 41.9 Å². The first kappa shape index (κ1) is 35.6. The molecule has 2 aromatic carbocycles. The molecule has 3 aromatic heterocycles. The number of rotatable bonds is 7. The van der Waals surface area contributed by atoms with Crippen LogP contribution in [0.2, 0.25) is 5.02 Å². The van der Waals surface area contributed by atoms with E-state index in [4.69, 9.17) is 26.1 Å². The van der Waals surface area contributed by atoms with Gasteiger partial charge in [0, 0.05) is 55.2 Å². The van der Waals surface area contributed by atoms with E-state index in [1.807, 2.05) is 30.3 Å². The van der Waals surface area contributed by atoms with Gasteiger partial charge >= 0.3 is 11.9 Å². The fourth-order valence-corrected chi connectivity index (χ4v) is 7.52. The third-order valence-corrected chi connectivity index (χ3v) is 10.4. The van der Waals surface area contributed by atoms with Crippen LogP contribution >= 0.6 is 11.6 Å². The SMILES string of the molecule is COc1nc(-c2cccc(-c3cccc(Nc4nc(C(F)(F)F)cc5c4c(=O)n(C)c(=O)n5C)c3C)c2Cl)cc2c1[C@@H](N[C@H]1CCOC[C@H]1O)CC2. The molecule has 3 atom stereocenters. The largest absolute Gasteiger partial charge is 0.481 e. The Morgan fingerprint density at radius 2 is 1.75 bits per heavy atom. The Morgan fingerprint density at radius 3 is 2.48 bits per heavy atom. The molecule has 1 aliphatic carbocycles. The number of benzene rings is 2. The monoisotopic (exact) mass is 736 g/mol. The molecule has 0 spiro atoms. The molecule has 1 aliphatic heterocycles. The van der Waals surface area contributed by atoms with Crippen molar-refractivity contribution < 1.29 is 27.8 Å². The first-order valence-electron chi connectivity index (χ1n) is 16.7. The van der Waals surface area contributed by atoms with Gasteiger partial charge in [0.05, 0.1) is 36.1 Å². The van der Waals surface area contributed by atoms with Crippen LogP contribution in [0.1, 0.15) is 41.3 Å². The van der Waals surface area contributed by atoms with Crippen LogP contribution in [0.3, 0.4) is 0 Å². The summed E-state index contributed by atoms with van der Waals surface area (Å²) in [6.07, 6.45) is -3.15. The molecule has 52 heavy (non-hydrogen) atoms. The number of aliphatic hydroxyl groups is 1. The highest BCUT2D eigenvalue weighted by atomic mass is 35.5. The average Bonchev–Trinajstić information content (AvgIpc) is 3.53. The van der Waals surface area contributed by atoms with Crippen molar-refractivity contribution in [2.24, 2.45) is 14.1 Å². The fraction of sp³-hybridized carbons (Fsp3) is 0.351. The van der Waals surface area contributed by atoms with E-state index in [-0.39, 0.29) is 28.8 Å². The lowest BCUT2D eigenvalue weighted by molar-refractivity contribution is -0.141. The normalized spacial score (nSPS) is 18.8. The van der Waals surface area contributed by atoms with Crippen LogP contribution < -0.4 is 26.6 Å². The highest BCUT2D eigenvalue weighted by Gasteiger charge is 2.35. The molecule has 1 saturated heterocycles. The summed E-state index contributed by atoms with van der Waals surface area (Å²) in [7, 11) is 4.13. The quantitative estimate of drug-likeness (QED) is 0.189. The molecule has 3 N–H and O–H groups in total. The second kappa shape index (κ2) is 13.7. The number of nitrogens with one attached hydrogen (secondary N) is 2. The van der Waals surface area contributed by atoms with Crippen LogP contribution in [0, 0.1) is 6.92 Å². The highest BCUT2D eigenvalue weighted by Crippen LogP contribution is 2.44. The van der Waals surface area contributed by atoms with Gasteiger partial charge in [-0.2, -0.15) is 13.2 Å². The molecule has 0 radical (unpaired) electrons. The number of hydrogen-bond donors (Lipinski definition) is 3. The molecule has 15 heteroatoms. The van der Waals surface area contributed by atoms with Crippen LogP contribution in [-0.4, -0.2) is 56.7 Å². The Labute approximate surface area is 301 Å². The second-order valence-electron chi connectivity index (χ2n) is 13.1. The molecule has 11 nitrogen and oxygen atoms in total. The van der Waals surface area contributed by atoms with Crippen LogP contribution in [0.4, 0.5) is 24.7 Å². The van der Waals surface area contributed by atoms with Crippen molar-refractivity contribution in [2.75, 3.05) is 25.6 Å². The Kier molecular flexibility index (Phi) is 9.36. The number of halogens is 4. The molecule has 1 fully saturated rings. The lowest BCUT2D eigenvalue weighted by Gasteiger charge is -2.31. The van der Waals surface area contributed by atoms with Crippen molar-refractivity contribution in [2.45, 2.75) is 50.6 Å². The number of aliphatic hydroxyl groups excluding tert-OH is 1. The molecule has 272 valence electrons. The maximum Gasteiger partial charge on any atom is 0.433 e. The van der Waals surface area contributed by atoms with Gasteiger partial charge in [0.25, 0.3) is 5.56 Å². The molecule has 5 aromatic rings. The Hall–Kier alpha value is -4.76. The zero-order valence-electron chi connectivity index (χ0n) is 28.8. The van der Waals surface area contributed by atoms with Crippen LogP contribution in [0.5, 0.6) is 5.88 Å². The van der Waals surface area contributed by atoms with Crippen LogP contribution in [0.15, 0.2) is 58.1 Å². The molecule has 0 unspecified atom stereocenters. The van der Waals surface area contributed by atoms with Gasteiger partial charge in [-0.05, 0) is 61.1 Å². The van der Waals surface area contributed by atoms with Gasteiger partial charge in [0.15, 0.2) is 0 Å². The van der Waals surface area contributed by atoms with Crippen molar-refractivity contribution in [3.05, 3.63) is 96.8 Å². The van der Waals surface area contributed by atoms with E-state index >= 15 is 0 Å². The number of nitrogens with zero attached hydrogens (tertiary/aromatic N) is 4. The number of fused-ring (bicyclic) bond motifs is 2. The molecular formula is C37H36ClF3N6O5. The number of alkyl halides is 3. The van der Waals surface area contributed by atoms with Crippen LogP contribution in [0.25, 0.3) is 33.3 Å². The molecule has 4 heterocycles. The van der Waals surface area contributed by atoms with E-state index in [1.165, 1.54) is 14.1 Å². The first-order chi connectivity index (χ1) is 24.8. The maximum atomic E-state index is 14.0. The lowest BCUT2D eigenvalue weighted by atomic mass is 9.96. The number of pyridine rings is 2. The predicted molar refractivity (Wildman–Crippen MR) is 191 cm³/mol. The van der Waals surface area contributed by atoms with E-state index in [1.54, 1.807) is 26.2 Å². The van der Waals surface area contributed by atoms with Crippen molar-refractivity contribution in [1.82, 2.24) is 24.4 Å². The van der Waals surface area contributed by atoms with Gasteiger partial charge in [0.2, 0.25) is 5.88 Å². The summed E-state index contributed by atoms with van der Waals surface area (Å²) in [4.78, 5) is 34.5. The van der Waals surface area contributed by atoms with Crippen LogP contribution in [-0.2, 0) is 31.4 Å². The number of aromatic nitrogens is 4. The molecule has 0 saturated carbocycles. The van der Waals surface area contributed by atoms with Gasteiger partial charge < -0.3 is 25.2 Å². The molecule has 0 amide bonds. The minimum atomic E-state index is -4.84. The highest BCUT2D eigenvalue weighted by molar-refractivity contribution is 6.36. The summed E-state index contributed by atoms with van der Waals surface area (Å²) in [5.41, 5.74) is 2.62. The van der Waals surface area contributed by atoms with Crippen molar-refractivity contribution in [3.63, 3.8) is 0 Å². The van der Waals surface area contributed by atoms with Gasteiger partial charge in [-0.15, -0.1) is 0 Å². The smallest absolute Gasteiger partial charge is 0.433 e. The number of methoxy groups -OCH3 is 1. The minimum Gasteiger partial charge on any atom is -0.481 e. The Balaban J connectivity index is 1.27. The lowest BCUT2D eigenvalue weighted by Crippen LogP contribution is -2.47. The van der Waals surface area contributed by atoms with E-state index in [2.05, 4.69) is 15.6 Å². The number of ether oxygens (including phenoxy) is 2. The standard InChI is InChI=1S/C37H36ClF3N6O5/c1-18-20(7-6-10-23(18)43-33-31-27(16-29(45-33)37(39,40)41)46(2)36(50)47(3)35(31)49)21-8-5-9-22(32(21)38)26-15-19-11-12-25(30(19)34(44-26)51-4)42-24-13-14-52-17-28(24)48/h5-10,15-16,24-25,28,42,48H,11-14,17H2,1-4H3,(H,43,45)/t24-,25-,28+/m0/s1. The summed E-state index contributed by atoms with van der Waals surface area (Å²) in [5, 5.41) is 17.2.